The van der Waals surface area contributed by atoms with Crippen LogP contribution in [0.15, 0.2) is 53.4 Å². The van der Waals surface area contributed by atoms with Gasteiger partial charge < -0.3 is 14.4 Å². The molecule has 0 aromatic heterocycles. The summed E-state index contributed by atoms with van der Waals surface area (Å²) in [5.74, 6) is 0.0144. The van der Waals surface area contributed by atoms with E-state index in [4.69, 9.17) is 9.47 Å². The summed E-state index contributed by atoms with van der Waals surface area (Å²) in [4.78, 5) is 27.1. The molecule has 0 radical (unpaired) electrons. The number of anilines is 1. The fraction of sp³-hybridized carbons (Fsp3) is 0.263. The summed E-state index contributed by atoms with van der Waals surface area (Å²) in [7, 11) is 3.31. The summed E-state index contributed by atoms with van der Waals surface area (Å²) < 4.78 is 10.6. The molecule has 0 saturated carbocycles. The third-order valence-electron chi connectivity index (χ3n) is 4.07. The fourth-order valence-electron chi connectivity index (χ4n) is 2.80. The molecule has 2 unspecified atom stereocenters. The van der Waals surface area contributed by atoms with Crippen LogP contribution in [0.2, 0.25) is 0 Å². The van der Waals surface area contributed by atoms with Crippen LogP contribution in [0.3, 0.4) is 0 Å². The Morgan fingerprint density at radius 1 is 1.12 bits per heavy atom. The molecule has 2 aromatic carbocycles. The number of ether oxygens (including phenoxy) is 2. The van der Waals surface area contributed by atoms with Crippen molar-refractivity contribution in [2.75, 3.05) is 19.1 Å². The predicted octanol–water partition coefficient (Wildman–Crippen LogP) is 3.44. The van der Waals surface area contributed by atoms with Crippen LogP contribution in [-0.4, -0.2) is 32.1 Å². The Bertz CT molecular complexity index is 790. The van der Waals surface area contributed by atoms with E-state index in [1.165, 1.54) is 18.7 Å². The Balaban J connectivity index is 2.07. The SMILES string of the molecule is COc1ccc(C2Sc3ccccc3N(C)C(=O)C2OC(C)=O)cc1. The molecule has 1 aliphatic heterocycles. The summed E-state index contributed by atoms with van der Waals surface area (Å²) in [5, 5.41) is -0.339. The van der Waals surface area contributed by atoms with Gasteiger partial charge in [0, 0.05) is 18.9 Å². The van der Waals surface area contributed by atoms with Crippen LogP contribution in [-0.2, 0) is 14.3 Å². The fourth-order valence-corrected chi connectivity index (χ4v) is 4.14. The Hall–Kier alpha value is -2.47. The number of carbonyl (C=O) groups excluding carboxylic acids is 2. The molecule has 25 heavy (non-hydrogen) atoms. The average Bonchev–Trinajstić information content (AvgIpc) is 2.72. The molecular formula is C19H19NO4S. The number of amides is 1. The monoisotopic (exact) mass is 357 g/mol. The zero-order valence-electron chi connectivity index (χ0n) is 14.3. The number of likely N-dealkylation sites (N-methyl/N-ethyl adjacent to an activating group) is 1. The Morgan fingerprint density at radius 3 is 2.44 bits per heavy atom. The highest BCUT2D eigenvalue weighted by molar-refractivity contribution is 7.99. The molecule has 0 bridgehead atoms. The molecule has 1 heterocycles. The molecule has 3 rings (SSSR count). The maximum Gasteiger partial charge on any atom is 0.303 e. The predicted molar refractivity (Wildman–Crippen MR) is 97.0 cm³/mol. The summed E-state index contributed by atoms with van der Waals surface area (Å²) >= 11 is 1.52. The normalized spacial score (nSPS) is 19.8. The second-order valence-electron chi connectivity index (χ2n) is 5.71. The van der Waals surface area contributed by atoms with Gasteiger partial charge in [-0.25, -0.2) is 0 Å². The van der Waals surface area contributed by atoms with E-state index in [1.54, 1.807) is 19.1 Å². The number of carbonyl (C=O) groups is 2. The number of hydrogen-bond acceptors (Lipinski definition) is 5. The van der Waals surface area contributed by atoms with Gasteiger partial charge in [0.15, 0.2) is 6.10 Å². The molecule has 0 saturated heterocycles. The third kappa shape index (κ3) is 3.49. The van der Waals surface area contributed by atoms with Gasteiger partial charge in [0.2, 0.25) is 0 Å². The zero-order valence-corrected chi connectivity index (χ0v) is 15.1. The number of methoxy groups -OCH3 is 1. The van der Waals surface area contributed by atoms with E-state index in [0.29, 0.717) is 0 Å². The second-order valence-corrected chi connectivity index (χ2v) is 6.89. The van der Waals surface area contributed by atoms with Gasteiger partial charge in [0.1, 0.15) is 5.75 Å². The van der Waals surface area contributed by atoms with Gasteiger partial charge in [0.05, 0.1) is 18.0 Å². The smallest absolute Gasteiger partial charge is 0.303 e. The van der Waals surface area contributed by atoms with E-state index in [1.807, 2.05) is 48.5 Å². The molecule has 1 amide bonds. The van der Waals surface area contributed by atoms with E-state index >= 15 is 0 Å². The highest BCUT2D eigenvalue weighted by Crippen LogP contribution is 2.46. The van der Waals surface area contributed by atoms with Crippen LogP contribution in [0.25, 0.3) is 0 Å². The van der Waals surface area contributed by atoms with Crippen molar-refractivity contribution in [1.29, 1.82) is 0 Å². The minimum atomic E-state index is -0.895. The van der Waals surface area contributed by atoms with Gasteiger partial charge >= 0.3 is 5.97 Å². The van der Waals surface area contributed by atoms with E-state index in [9.17, 15) is 9.59 Å². The van der Waals surface area contributed by atoms with Crippen molar-refractivity contribution in [2.24, 2.45) is 0 Å². The van der Waals surface area contributed by atoms with Crippen LogP contribution in [0.1, 0.15) is 17.7 Å². The van der Waals surface area contributed by atoms with Crippen LogP contribution in [0, 0.1) is 0 Å². The molecule has 6 heteroatoms. The van der Waals surface area contributed by atoms with Gasteiger partial charge in [-0.15, -0.1) is 11.8 Å². The van der Waals surface area contributed by atoms with Crippen LogP contribution in [0.5, 0.6) is 5.75 Å². The van der Waals surface area contributed by atoms with Crippen molar-refractivity contribution in [1.82, 2.24) is 0 Å². The van der Waals surface area contributed by atoms with Crippen molar-refractivity contribution in [3.05, 3.63) is 54.1 Å². The summed E-state index contributed by atoms with van der Waals surface area (Å²) in [6.45, 7) is 1.32. The van der Waals surface area contributed by atoms with Crippen LogP contribution < -0.4 is 9.64 Å². The molecule has 2 atom stereocenters. The lowest BCUT2D eigenvalue weighted by molar-refractivity contribution is -0.152. The highest BCUT2D eigenvalue weighted by Gasteiger charge is 2.39. The van der Waals surface area contributed by atoms with Gasteiger partial charge in [-0.3, -0.25) is 9.59 Å². The maximum absolute atomic E-state index is 13.0. The van der Waals surface area contributed by atoms with Crippen molar-refractivity contribution in [3.63, 3.8) is 0 Å². The average molecular weight is 357 g/mol. The first kappa shape index (κ1) is 17.4. The van der Waals surface area contributed by atoms with Crippen molar-refractivity contribution < 1.29 is 19.1 Å². The minimum Gasteiger partial charge on any atom is -0.497 e. The molecule has 5 nitrogen and oxygen atoms in total. The quantitative estimate of drug-likeness (QED) is 0.788. The van der Waals surface area contributed by atoms with E-state index in [0.717, 1.165) is 21.9 Å². The number of thioether (sulfide) groups is 1. The topological polar surface area (TPSA) is 55.8 Å². The molecule has 130 valence electrons. The summed E-state index contributed by atoms with van der Waals surface area (Å²) in [5.41, 5.74) is 1.71. The van der Waals surface area contributed by atoms with E-state index < -0.39 is 12.1 Å². The van der Waals surface area contributed by atoms with E-state index in [-0.39, 0.29) is 11.2 Å². The lowest BCUT2D eigenvalue weighted by Gasteiger charge is -2.25. The Labute approximate surface area is 150 Å². The number of esters is 1. The van der Waals surface area contributed by atoms with Gasteiger partial charge in [-0.05, 0) is 29.8 Å². The number of fused-ring (bicyclic) bond motifs is 1. The molecule has 0 fully saturated rings. The van der Waals surface area contributed by atoms with Crippen LogP contribution >= 0.6 is 11.8 Å². The first-order valence-electron chi connectivity index (χ1n) is 7.85. The lowest BCUT2D eigenvalue weighted by atomic mass is 10.1. The first-order valence-corrected chi connectivity index (χ1v) is 8.73. The highest BCUT2D eigenvalue weighted by atomic mass is 32.2. The van der Waals surface area contributed by atoms with Crippen molar-refractivity contribution >= 4 is 29.3 Å². The Morgan fingerprint density at radius 2 is 1.80 bits per heavy atom. The Kier molecular flexibility index (Phi) is 4.99. The first-order chi connectivity index (χ1) is 12.0. The minimum absolute atomic E-state index is 0.242. The van der Waals surface area contributed by atoms with Crippen molar-refractivity contribution in [2.45, 2.75) is 23.2 Å². The molecule has 0 aliphatic carbocycles. The van der Waals surface area contributed by atoms with Crippen LogP contribution in [0.4, 0.5) is 5.69 Å². The standard InChI is InChI=1S/C19H19NO4S/c1-12(21)24-17-18(13-8-10-14(23-3)11-9-13)25-16-7-5-4-6-15(16)20(2)19(17)22/h4-11,17-18H,1-3H3. The number of nitrogens with zero attached hydrogens (tertiary/aromatic N) is 1. The zero-order chi connectivity index (χ0) is 18.0. The van der Waals surface area contributed by atoms with E-state index in [2.05, 4.69) is 0 Å². The summed E-state index contributed by atoms with van der Waals surface area (Å²) in [6.07, 6.45) is -0.895. The molecular weight excluding hydrogens is 338 g/mol. The largest absolute Gasteiger partial charge is 0.497 e. The molecule has 1 aliphatic rings. The summed E-state index contributed by atoms with van der Waals surface area (Å²) in [6, 6.07) is 15.1. The number of rotatable bonds is 3. The second kappa shape index (κ2) is 7.19. The number of para-hydroxylation sites is 1. The molecule has 2 aromatic rings. The number of benzene rings is 2. The van der Waals surface area contributed by atoms with Gasteiger partial charge in [0.25, 0.3) is 5.91 Å². The lowest BCUT2D eigenvalue weighted by Crippen LogP contribution is -2.40. The van der Waals surface area contributed by atoms with Gasteiger partial charge in [-0.2, -0.15) is 0 Å². The molecule has 0 spiro atoms. The van der Waals surface area contributed by atoms with Gasteiger partial charge in [-0.1, -0.05) is 24.3 Å². The van der Waals surface area contributed by atoms with Crippen molar-refractivity contribution in [3.8, 4) is 5.75 Å². The maximum atomic E-state index is 13.0. The number of hydrogen-bond donors (Lipinski definition) is 0. The third-order valence-corrected chi connectivity index (χ3v) is 5.44. The molecule has 0 N–H and O–H groups in total.